The number of nitrogens with zero attached hydrogens (tertiary/aromatic N) is 1. The van der Waals surface area contributed by atoms with E-state index in [0.717, 1.165) is 17.5 Å². The van der Waals surface area contributed by atoms with Crippen molar-refractivity contribution in [3.05, 3.63) is 107 Å². The van der Waals surface area contributed by atoms with Crippen LogP contribution >= 0.6 is 0 Å². The molecule has 2 nitrogen and oxygen atoms in total. The summed E-state index contributed by atoms with van der Waals surface area (Å²) in [6, 6.07) is 19.5. The standard InChI is InChI=1S/C22H17F2NO/c23-18-9-5-16(6-10-18)21-20-4-2-1-3-15(20)13-14-25(21)22(26)17-7-11-19(24)12-8-17/h1-12,21H,13-14H2. The minimum Gasteiger partial charge on any atom is -0.327 e. The highest BCUT2D eigenvalue weighted by Crippen LogP contribution is 2.36. The Labute approximate surface area is 150 Å². The summed E-state index contributed by atoms with van der Waals surface area (Å²) in [5.41, 5.74) is 3.53. The van der Waals surface area contributed by atoms with E-state index in [4.69, 9.17) is 0 Å². The van der Waals surface area contributed by atoms with Crippen molar-refractivity contribution in [2.45, 2.75) is 12.5 Å². The van der Waals surface area contributed by atoms with Crippen LogP contribution in [0.5, 0.6) is 0 Å². The summed E-state index contributed by atoms with van der Waals surface area (Å²) in [7, 11) is 0. The monoisotopic (exact) mass is 349 g/mol. The first-order valence-corrected chi connectivity index (χ1v) is 8.53. The van der Waals surface area contributed by atoms with E-state index in [1.165, 1.54) is 42.0 Å². The summed E-state index contributed by atoms with van der Waals surface area (Å²) in [6.45, 7) is 0.551. The minimum atomic E-state index is -0.374. The molecule has 1 amide bonds. The van der Waals surface area contributed by atoms with E-state index in [0.29, 0.717) is 12.1 Å². The first-order valence-electron chi connectivity index (χ1n) is 8.53. The third-order valence-corrected chi connectivity index (χ3v) is 4.82. The highest BCUT2D eigenvalue weighted by atomic mass is 19.1. The molecule has 0 bridgehead atoms. The molecule has 0 aliphatic carbocycles. The van der Waals surface area contributed by atoms with Gasteiger partial charge >= 0.3 is 0 Å². The topological polar surface area (TPSA) is 20.3 Å². The van der Waals surface area contributed by atoms with Crippen molar-refractivity contribution in [3.8, 4) is 0 Å². The fourth-order valence-electron chi connectivity index (χ4n) is 3.55. The number of hydrogen-bond donors (Lipinski definition) is 0. The van der Waals surface area contributed by atoms with Gasteiger partial charge in [-0.1, -0.05) is 36.4 Å². The molecule has 1 aliphatic rings. The average Bonchev–Trinajstić information content (AvgIpc) is 2.68. The summed E-state index contributed by atoms with van der Waals surface area (Å²) in [5, 5.41) is 0. The molecule has 130 valence electrons. The molecule has 0 N–H and O–H groups in total. The lowest BCUT2D eigenvalue weighted by atomic mass is 9.87. The molecule has 1 heterocycles. The Morgan fingerprint density at radius 3 is 2.15 bits per heavy atom. The molecule has 0 fully saturated rings. The van der Waals surface area contributed by atoms with Gasteiger partial charge in [-0.05, 0) is 59.5 Å². The second-order valence-electron chi connectivity index (χ2n) is 6.41. The Bertz CT molecular complexity index is 935. The number of benzene rings is 3. The number of halogens is 2. The second kappa shape index (κ2) is 6.71. The lowest BCUT2D eigenvalue weighted by molar-refractivity contribution is 0.0694. The Hall–Kier alpha value is -3.01. The van der Waals surface area contributed by atoms with Gasteiger partial charge in [0, 0.05) is 12.1 Å². The van der Waals surface area contributed by atoms with E-state index in [1.807, 2.05) is 18.2 Å². The number of rotatable bonds is 2. The Balaban J connectivity index is 1.78. The third kappa shape index (κ3) is 2.99. The van der Waals surface area contributed by atoms with Crippen LogP contribution < -0.4 is 0 Å². The molecule has 1 aliphatic heterocycles. The van der Waals surface area contributed by atoms with Gasteiger partial charge in [-0.2, -0.15) is 0 Å². The van der Waals surface area contributed by atoms with E-state index < -0.39 is 0 Å². The Kier molecular flexibility index (Phi) is 4.25. The van der Waals surface area contributed by atoms with E-state index in [2.05, 4.69) is 6.07 Å². The van der Waals surface area contributed by atoms with E-state index in [-0.39, 0.29) is 23.6 Å². The van der Waals surface area contributed by atoms with Crippen LogP contribution in [0, 0.1) is 11.6 Å². The number of carbonyl (C=O) groups is 1. The molecule has 0 saturated heterocycles. The Morgan fingerprint density at radius 1 is 0.846 bits per heavy atom. The normalized spacial score (nSPS) is 16.2. The highest BCUT2D eigenvalue weighted by molar-refractivity contribution is 5.95. The maximum Gasteiger partial charge on any atom is 0.254 e. The van der Waals surface area contributed by atoms with Crippen molar-refractivity contribution in [3.63, 3.8) is 0 Å². The van der Waals surface area contributed by atoms with Gasteiger partial charge in [0.1, 0.15) is 11.6 Å². The molecule has 1 unspecified atom stereocenters. The average molecular weight is 349 g/mol. The lowest BCUT2D eigenvalue weighted by Gasteiger charge is -2.38. The van der Waals surface area contributed by atoms with Crippen molar-refractivity contribution >= 4 is 5.91 Å². The fraction of sp³-hybridized carbons (Fsp3) is 0.136. The summed E-state index contributed by atoms with van der Waals surface area (Å²) in [5.74, 6) is -0.844. The summed E-state index contributed by atoms with van der Waals surface area (Å²) in [6.07, 6.45) is 0.751. The van der Waals surface area contributed by atoms with Crippen LogP contribution in [0.1, 0.15) is 33.1 Å². The zero-order valence-electron chi connectivity index (χ0n) is 14.0. The van der Waals surface area contributed by atoms with E-state index in [1.54, 1.807) is 17.0 Å². The van der Waals surface area contributed by atoms with Gasteiger partial charge in [0.25, 0.3) is 5.91 Å². The zero-order chi connectivity index (χ0) is 18.1. The molecular formula is C22H17F2NO. The van der Waals surface area contributed by atoms with Crippen LogP contribution in [0.25, 0.3) is 0 Å². The third-order valence-electron chi connectivity index (χ3n) is 4.82. The van der Waals surface area contributed by atoms with Gasteiger partial charge in [-0.25, -0.2) is 8.78 Å². The summed E-state index contributed by atoms with van der Waals surface area (Å²) >= 11 is 0. The Morgan fingerprint density at radius 2 is 1.46 bits per heavy atom. The molecular weight excluding hydrogens is 332 g/mol. The molecule has 3 aromatic rings. The predicted molar refractivity (Wildman–Crippen MR) is 95.8 cm³/mol. The molecule has 1 atom stereocenters. The number of carbonyl (C=O) groups excluding carboxylic acids is 1. The van der Waals surface area contributed by atoms with Crippen LogP contribution in [0.4, 0.5) is 8.78 Å². The van der Waals surface area contributed by atoms with Gasteiger partial charge in [-0.3, -0.25) is 4.79 Å². The molecule has 4 heteroatoms. The predicted octanol–water partition coefficient (Wildman–Crippen LogP) is 4.75. The molecule has 26 heavy (non-hydrogen) atoms. The maximum absolute atomic E-state index is 13.4. The lowest BCUT2D eigenvalue weighted by Crippen LogP contribution is -2.40. The quantitative estimate of drug-likeness (QED) is 0.654. The van der Waals surface area contributed by atoms with Crippen molar-refractivity contribution in [1.29, 1.82) is 0 Å². The SMILES string of the molecule is O=C(c1ccc(F)cc1)N1CCc2ccccc2C1c1ccc(F)cc1. The smallest absolute Gasteiger partial charge is 0.254 e. The van der Waals surface area contributed by atoms with Gasteiger partial charge in [0.05, 0.1) is 6.04 Å². The minimum absolute atomic E-state index is 0.158. The van der Waals surface area contributed by atoms with Gasteiger partial charge in [-0.15, -0.1) is 0 Å². The summed E-state index contributed by atoms with van der Waals surface area (Å²) < 4.78 is 26.6. The first kappa shape index (κ1) is 16.5. The molecule has 0 spiro atoms. The molecule has 3 aromatic carbocycles. The van der Waals surface area contributed by atoms with Crippen molar-refractivity contribution in [2.75, 3.05) is 6.54 Å². The number of hydrogen-bond acceptors (Lipinski definition) is 1. The molecule has 4 rings (SSSR count). The fourth-order valence-corrected chi connectivity index (χ4v) is 3.55. The van der Waals surface area contributed by atoms with Gasteiger partial charge in [0.15, 0.2) is 0 Å². The molecule has 0 saturated carbocycles. The van der Waals surface area contributed by atoms with Crippen LogP contribution in [0.3, 0.4) is 0 Å². The highest BCUT2D eigenvalue weighted by Gasteiger charge is 2.32. The first-order chi connectivity index (χ1) is 12.6. The van der Waals surface area contributed by atoms with Crippen LogP contribution in [-0.4, -0.2) is 17.4 Å². The second-order valence-corrected chi connectivity index (χ2v) is 6.41. The van der Waals surface area contributed by atoms with Gasteiger partial charge < -0.3 is 4.90 Å². The zero-order valence-corrected chi connectivity index (χ0v) is 14.0. The van der Waals surface area contributed by atoms with E-state index in [9.17, 15) is 13.6 Å². The maximum atomic E-state index is 13.4. The van der Waals surface area contributed by atoms with Crippen LogP contribution in [0.2, 0.25) is 0 Å². The van der Waals surface area contributed by atoms with Crippen molar-refractivity contribution < 1.29 is 13.6 Å². The van der Waals surface area contributed by atoms with E-state index >= 15 is 0 Å². The largest absolute Gasteiger partial charge is 0.327 e. The van der Waals surface area contributed by atoms with Crippen molar-refractivity contribution in [2.24, 2.45) is 0 Å². The van der Waals surface area contributed by atoms with Crippen molar-refractivity contribution in [1.82, 2.24) is 4.90 Å². The molecule has 0 radical (unpaired) electrons. The molecule has 0 aromatic heterocycles. The van der Waals surface area contributed by atoms with Crippen LogP contribution in [-0.2, 0) is 6.42 Å². The number of fused-ring (bicyclic) bond motifs is 1. The number of amides is 1. The summed E-state index contributed by atoms with van der Waals surface area (Å²) in [4.78, 5) is 14.9. The van der Waals surface area contributed by atoms with Gasteiger partial charge in [0.2, 0.25) is 0 Å². The van der Waals surface area contributed by atoms with Crippen LogP contribution in [0.15, 0.2) is 72.8 Å².